The molecule has 0 saturated heterocycles. The summed E-state index contributed by atoms with van der Waals surface area (Å²) in [5.74, 6) is 0.854. The lowest BCUT2D eigenvalue weighted by atomic mass is 10.0. The normalized spacial score (nSPS) is 10.1. The molecule has 0 saturated carbocycles. The molecule has 87 valence electrons. The second-order valence-electron chi connectivity index (χ2n) is 4.05. The molecule has 2 aromatic rings. The summed E-state index contributed by atoms with van der Waals surface area (Å²) in [7, 11) is 5.76. The third-order valence-corrected chi connectivity index (χ3v) is 2.68. The number of ether oxygens (including phenoxy) is 1. The van der Waals surface area contributed by atoms with Gasteiger partial charge in [0.1, 0.15) is 5.75 Å². The van der Waals surface area contributed by atoms with Gasteiger partial charge < -0.3 is 9.64 Å². The van der Waals surface area contributed by atoms with E-state index in [2.05, 4.69) is 23.1 Å². The largest absolute Gasteiger partial charge is 0.497 e. The van der Waals surface area contributed by atoms with Crippen molar-refractivity contribution >= 4 is 5.69 Å². The van der Waals surface area contributed by atoms with E-state index >= 15 is 0 Å². The van der Waals surface area contributed by atoms with Crippen molar-refractivity contribution in [2.75, 3.05) is 26.1 Å². The molecule has 0 aliphatic heterocycles. The predicted molar refractivity (Wildman–Crippen MR) is 71.6 cm³/mol. The van der Waals surface area contributed by atoms with Crippen molar-refractivity contribution in [3.8, 4) is 16.9 Å². The van der Waals surface area contributed by atoms with Gasteiger partial charge >= 0.3 is 0 Å². The molecule has 2 heteroatoms. The van der Waals surface area contributed by atoms with Crippen LogP contribution in [0.2, 0.25) is 0 Å². The van der Waals surface area contributed by atoms with Gasteiger partial charge in [0.15, 0.2) is 0 Å². The number of hydrogen-bond acceptors (Lipinski definition) is 2. The van der Waals surface area contributed by atoms with Crippen LogP contribution in [0.4, 0.5) is 5.69 Å². The average Bonchev–Trinajstić information content (AvgIpc) is 2.39. The number of rotatable bonds is 3. The Labute approximate surface area is 102 Å². The first kappa shape index (κ1) is 11.5. The highest BCUT2D eigenvalue weighted by Crippen LogP contribution is 2.31. The van der Waals surface area contributed by atoms with Crippen molar-refractivity contribution in [3.05, 3.63) is 48.5 Å². The number of methoxy groups -OCH3 is 1. The maximum Gasteiger partial charge on any atom is 0.119 e. The van der Waals surface area contributed by atoms with Crippen LogP contribution in [0.15, 0.2) is 42.5 Å². The van der Waals surface area contributed by atoms with Gasteiger partial charge in [0.2, 0.25) is 0 Å². The summed E-state index contributed by atoms with van der Waals surface area (Å²) in [4.78, 5) is 2.10. The van der Waals surface area contributed by atoms with Crippen LogP contribution in [0, 0.1) is 6.07 Å². The van der Waals surface area contributed by atoms with Crippen LogP contribution < -0.4 is 9.64 Å². The van der Waals surface area contributed by atoms with Crippen molar-refractivity contribution in [1.29, 1.82) is 0 Å². The Kier molecular flexibility index (Phi) is 3.33. The van der Waals surface area contributed by atoms with E-state index in [1.807, 2.05) is 44.4 Å². The molecule has 17 heavy (non-hydrogen) atoms. The first-order valence-electron chi connectivity index (χ1n) is 5.55. The number of anilines is 1. The Hall–Kier alpha value is -1.96. The molecule has 0 aliphatic carbocycles. The van der Waals surface area contributed by atoms with Crippen molar-refractivity contribution in [1.82, 2.24) is 0 Å². The lowest BCUT2D eigenvalue weighted by Crippen LogP contribution is -2.09. The Morgan fingerprint density at radius 1 is 1.12 bits per heavy atom. The zero-order valence-electron chi connectivity index (χ0n) is 10.4. The van der Waals surface area contributed by atoms with E-state index in [1.165, 1.54) is 5.69 Å². The molecule has 2 aromatic carbocycles. The average molecular weight is 226 g/mol. The molecule has 0 bridgehead atoms. The Morgan fingerprint density at radius 3 is 2.59 bits per heavy atom. The van der Waals surface area contributed by atoms with Gasteiger partial charge in [-0.05, 0) is 29.8 Å². The van der Waals surface area contributed by atoms with E-state index in [-0.39, 0.29) is 0 Å². The quantitative estimate of drug-likeness (QED) is 0.796. The predicted octanol–water partition coefficient (Wildman–Crippen LogP) is 3.23. The molecule has 0 amide bonds. The van der Waals surface area contributed by atoms with Gasteiger partial charge in [-0.25, -0.2) is 0 Å². The summed E-state index contributed by atoms with van der Waals surface area (Å²) in [6.07, 6.45) is 0. The minimum Gasteiger partial charge on any atom is -0.497 e. The first-order chi connectivity index (χ1) is 8.22. The maximum atomic E-state index is 5.24. The molecule has 0 unspecified atom stereocenters. The van der Waals surface area contributed by atoms with E-state index in [0.29, 0.717) is 0 Å². The second kappa shape index (κ2) is 4.91. The molecule has 0 N–H and O–H groups in total. The fourth-order valence-electron chi connectivity index (χ4n) is 1.82. The molecule has 0 aromatic heterocycles. The summed E-state index contributed by atoms with van der Waals surface area (Å²) >= 11 is 0. The summed E-state index contributed by atoms with van der Waals surface area (Å²) in [6, 6.07) is 17.3. The fraction of sp³-hybridized carbons (Fsp3) is 0.200. The summed E-state index contributed by atoms with van der Waals surface area (Å²) < 4.78 is 5.24. The highest BCUT2D eigenvalue weighted by atomic mass is 16.5. The van der Waals surface area contributed by atoms with E-state index in [1.54, 1.807) is 7.11 Å². The van der Waals surface area contributed by atoms with E-state index < -0.39 is 0 Å². The molecule has 0 atom stereocenters. The van der Waals surface area contributed by atoms with Crippen molar-refractivity contribution < 1.29 is 4.74 Å². The van der Waals surface area contributed by atoms with Crippen LogP contribution in [-0.4, -0.2) is 21.2 Å². The van der Waals surface area contributed by atoms with Crippen LogP contribution in [0.1, 0.15) is 0 Å². The topological polar surface area (TPSA) is 12.5 Å². The van der Waals surface area contributed by atoms with Gasteiger partial charge in [-0.3, -0.25) is 0 Å². The van der Waals surface area contributed by atoms with Crippen LogP contribution in [0.5, 0.6) is 5.75 Å². The minimum atomic E-state index is 0.854. The van der Waals surface area contributed by atoms with Crippen LogP contribution in [0.25, 0.3) is 11.1 Å². The van der Waals surface area contributed by atoms with Gasteiger partial charge in [0.05, 0.1) is 7.11 Å². The highest BCUT2D eigenvalue weighted by molar-refractivity contribution is 5.78. The number of para-hydroxylation sites is 1. The Bertz CT molecular complexity index is 506. The fourth-order valence-corrected chi connectivity index (χ4v) is 1.82. The molecule has 2 rings (SSSR count). The van der Waals surface area contributed by atoms with Gasteiger partial charge in [-0.2, -0.15) is 0 Å². The molecule has 1 radical (unpaired) electrons. The number of hydrogen-bond donors (Lipinski definition) is 0. The third-order valence-electron chi connectivity index (χ3n) is 2.68. The monoisotopic (exact) mass is 226 g/mol. The van der Waals surface area contributed by atoms with Crippen LogP contribution >= 0.6 is 0 Å². The van der Waals surface area contributed by atoms with E-state index in [9.17, 15) is 0 Å². The summed E-state index contributed by atoms with van der Waals surface area (Å²) in [6.45, 7) is 0. The van der Waals surface area contributed by atoms with E-state index in [0.717, 1.165) is 16.9 Å². The van der Waals surface area contributed by atoms with E-state index in [4.69, 9.17) is 4.74 Å². The van der Waals surface area contributed by atoms with Crippen LogP contribution in [0.3, 0.4) is 0 Å². The second-order valence-corrected chi connectivity index (χ2v) is 4.05. The Balaban J connectivity index is 2.52. The van der Waals surface area contributed by atoms with Crippen LogP contribution in [-0.2, 0) is 0 Å². The smallest absolute Gasteiger partial charge is 0.119 e. The maximum absolute atomic E-state index is 5.24. The first-order valence-corrected chi connectivity index (χ1v) is 5.55. The lowest BCUT2D eigenvalue weighted by molar-refractivity contribution is 0.415. The van der Waals surface area contributed by atoms with Gasteiger partial charge in [-0.1, -0.05) is 24.3 Å². The molecular weight excluding hydrogens is 210 g/mol. The summed E-state index contributed by atoms with van der Waals surface area (Å²) in [5.41, 5.74) is 3.39. The number of benzene rings is 2. The number of nitrogens with zero attached hydrogens (tertiary/aromatic N) is 1. The molecule has 0 heterocycles. The highest BCUT2D eigenvalue weighted by Gasteiger charge is 2.06. The van der Waals surface area contributed by atoms with Crippen molar-refractivity contribution in [2.24, 2.45) is 0 Å². The SMILES string of the molecule is COc1cc[c]c(-c2ccccc2N(C)C)c1. The zero-order valence-corrected chi connectivity index (χ0v) is 10.4. The van der Waals surface area contributed by atoms with Gasteiger partial charge in [0, 0.05) is 25.3 Å². The molecule has 0 fully saturated rings. The van der Waals surface area contributed by atoms with Crippen molar-refractivity contribution in [2.45, 2.75) is 0 Å². The Morgan fingerprint density at radius 2 is 1.88 bits per heavy atom. The summed E-state index contributed by atoms with van der Waals surface area (Å²) in [5, 5.41) is 0. The minimum absolute atomic E-state index is 0.854. The molecule has 0 spiro atoms. The standard InChI is InChI=1S/C15H16NO/c1-16(2)15-10-5-4-9-14(15)12-7-6-8-13(11-12)17-3/h4-6,8-11H,1-3H3. The zero-order chi connectivity index (χ0) is 12.3. The van der Waals surface area contributed by atoms with Gasteiger partial charge in [-0.15, -0.1) is 0 Å². The third kappa shape index (κ3) is 2.41. The lowest BCUT2D eigenvalue weighted by Gasteiger charge is -2.17. The van der Waals surface area contributed by atoms with Crippen molar-refractivity contribution in [3.63, 3.8) is 0 Å². The molecular formula is C15H16NO. The molecule has 2 nitrogen and oxygen atoms in total. The van der Waals surface area contributed by atoms with Gasteiger partial charge in [0.25, 0.3) is 0 Å². The molecule has 0 aliphatic rings.